The van der Waals surface area contributed by atoms with Crippen molar-refractivity contribution >= 4 is 28.1 Å². The van der Waals surface area contributed by atoms with Crippen LogP contribution in [0.1, 0.15) is 5.56 Å². The van der Waals surface area contributed by atoms with Gasteiger partial charge in [-0.05, 0) is 49.0 Å². The highest BCUT2D eigenvalue weighted by Crippen LogP contribution is 2.34. The van der Waals surface area contributed by atoms with E-state index in [1.54, 1.807) is 25.2 Å². The first kappa shape index (κ1) is 23.2. The number of hydrogen-bond donors (Lipinski definition) is 1. The normalized spacial score (nSPS) is 15.3. The first-order chi connectivity index (χ1) is 14.2. The minimum atomic E-state index is -4.09. The zero-order valence-electron chi connectivity index (χ0n) is 16.6. The molecule has 1 aliphatic heterocycles. The van der Waals surface area contributed by atoms with Gasteiger partial charge >= 0.3 is 0 Å². The van der Waals surface area contributed by atoms with Crippen LogP contribution >= 0.6 is 12.4 Å². The van der Waals surface area contributed by atoms with Gasteiger partial charge in [-0.25, -0.2) is 25.6 Å². The van der Waals surface area contributed by atoms with E-state index in [0.717, 1.165) is 3.97 Å². The Balaban J connectivity index is 0.00000272. The Labute approximate surface area is 185 Å². The zero-order valence-corrected chi connectivity index (χ0v) is 18.2. The van der Waals surface area contributed by atoms with Gasteiger partial charge in [-0.15, -0.1) is 12.4 Å². The van der Waals surface area contributed by atoms with E-state index in [0.29, 0.717) is 17.8 Å². The van der Waals surface area contributed by atoms with E-state index in [4.69, 9.17) is 0 Å². The second-order valence-electron chi connectivity index (χ2n) is 7.25. The van der Waals surface area contributed by atoms with Crippen molar-refractivity contribution in [3.63, 3.8) is 0 Å². The van der Waals surface area contributed by atoms with Crippen molar-refractivity contribution in [3.8, 4) is 11.3 Å². The molecular formula is C21H21ClF3N3O2S. The molecule has 0 amide bonds. The van der Waals surface area contributed by atoms with Gasteiger partial charge in [0, 0.05) is 24.0 Å². The van der Waals surface area contributed by atoms with Gasteiger partial charge in [-0.1, -0.05) is 18.2 Å². The minimum absolute atomic E-state index is 0. The van der Waals surface area contributed by atoms with Gasteiger partial charge < -0.3 is 10.2 Å². The fourth-order valence-electron chi connectivity index (χ4n) is 3.51. The molecule has 4 rings (SSSR count). The van der Waals surface area contributed by atoms with E-state index in [2.05, 4.69) is 5.32 Å². The van der Waals surface area contributed by atoms with E-state index in [-0.39, 0.29) is 28.6 Å². The number of hydrogen-bond acceptors (Lipinski definition) is 4. The minimum Gasteiger partial charge on any atom is -0.359 e. The quantitative estimate of drug-likeness (QED) is 0.587. The van der Waals surface area contributed by atoms with Crippen LogP contribution in [0.15, 0.2) is 65.7 Å². The summed E-state index contributed by atoms with van der Waals surface area (Å²) in [5.41, 5.74) is 1.41. The van der Waals surface area contributed by atoms with Gasteiger partial charge in [-0.2, -0.15) is 0 Å². The number of benzene rings is 2. The zero-order chi connectivity index (χ0) is 21.5. The maximum atomic E-state index is 14.4. The van der Waals surface area contributed by atoms with E-state index >= 15 is 0 Å². The summed E-state index contributed by atoms with van der Waals surface area (Å²) < 4.78 is 68.8. The third-order valence-electron chi connectivity index (χ3n) is 4.96. The van der Waals surface area contributed by atoms with Crippen LogP contribution < -0.4 is 10.2 Å². The van der Waals surface area contributed by atoms with Crippen molar-refractivity contribution in [2.45, 2.75) is 17.4 Å². The molecule has 1 saturated heterocycles. The molecule has 1 aromatic heterocycles. The lowest BCUT2D eigenvalue weighted by Crippen LogP contribution is -2.56. The molecule has 2 heterocycles. The standard InChI is InChI=1S/C21H20F3N3O2S.ClH/c1-25-11-15-9-20(18-7-2-3-8-19(18)22)27(12-15)30(28,29)17-6-4-5-16(10-17)26-13-21(23,24)14-26;/h2-10,12,25H,11,13-14H2,1H3;1H. The van der Waals surface area contributed by atoms with Crippen molar-refractivity contribution in [3.05, 3.63) is 72.2 Å². The van der Waals surface area contributed by atoms with E-state index in [1.165, 1.54) is 47.5 Å². The first-order valence-electron chi connectivity index (χ1n) is 9.30. The number of nitrogens with one attached hydrogen (secondary N) is 1. The number of aromatic nitrogens is 1. The molecule has 31 heavy (non-hydrogen) atoms. The maximum absolute atomic E-state index is 14.4. The predicted octanol–water partition coefficient (Wildman–Crippen LogP) is 4.13. The monoisotopic (exact) mass is 471 g/mol. The highest BCUT2D eigenvalue weighted by Gasteiger charge is 2.44. The van der Waals surface area contributed by atoms with E-state index in [1.807, 2.05) is 0 Å². The summed E-state index contributed by atoms with van der Waals surface area (Å²) in [6.07, 6.45) is 1.44. The summed E-state index contributed by atoms with van der Waals surface area (Å²) in [5.74, 6) is -3.31. The smallest absolute Gasteiger partial charge is 0.282 e. The van der Waals surface area contributed by atoms with Gasteiger partial charge in [0.25, 0.3) is 15.9 Å². The molecular weight excluding hydrogens is 451 g/mol. The Bertz CT molecular complexity index is 1190. The Morgan fingerprint density at radius 2 is 1.77 bits per heavy atom. The topological polar surface area (TPSA) is 54.3 Å². The molecule has 2 aromatic carbocycles. The molecule has 1 N–H and O–H groups in total. The Kier molecular flexibility index (Phi) is 6.40. The number of nitrogens with zero attached hydrogens (tertiary/aromatic N) is 2. The van der Waals surface area contributed by atoms with Crippen molar-refractivity contribution in [1.82, 2.24) is 9.29 Å². The molecule has 1 aliphatic rings. The lowest BCUT2D eigenvalue weighted by atomic mass is 10.1. The van der Waals surface area contributed by atoms with Gasteiger partial charge in [0.15, 0.2) is 0 Å². The summed E-state index contributed by atoms with van der Waals surface area (Å²) in [6.45, 7) is -0.507. The van der Waals surface area contributed by atoms with Crippen LogP contribution in [0.25, 0.3) is 11.3 Å². The fourth-order valence-corrected chi connectivity index (χ4v) is 4.94. The van der Waals surface area contributed by atoms with Crippen molar-refractivity contribution in [2.75, 3.05) is 25.0 Å². The van der Waals surface area contributed by atoms with Crippen molar-refractivity contribution in [1.29, 1.82) is 0 Å². The molecule has 5 nitrogen and oxygen atoms in total. The van der Waals surface area contributed by atoms with Crippen molar-refractivity contribution < 1.29 is 21.6 Å². The molecule has 0 saturated carbocycles. The number of anilines is 1. The maximum Gasteiger partial charge on any atom is 0.282 e. The summed E-state index contributed by atoms with van der Waals surface area (Å²) in [5, 5.41) is 2.95. The van der Waals surface area contributed by atoms with Gasteiger partial charge in [0.05, 0.1) is 23.7 Å². The highest BCUT2D eigenvalue weighted by atomic mass is 35.5. The number of alkyl halides is 2. The SMILES string of the molecule is CNCc1cc(-c2ccccc2F)n(S(=O)(=O)c2cccc(N3CC(F)(F)C3)c2)c1.Cl. The lowest BCUT2D eigenvalue weighted by molar-refractivity contribution is -0.0262. The second kappa shape index (κ2) is 8.57. The molecule has 10 heteroatoms. The molecule has 0 unspecified atom stereocenters. The number of rotatable bonds is 6. The lowest BCUT2D eigenvalue weighted by Gasteiger charge is -2.40. The Morgan fingerprint density at radius 3 is 2.42 bits per heavy atom. The third kappa shape index (κ3) is 4.44. The highest BCUT2D eigenvalue weighted by molar-refractivity contribution is 7.90. The van der Waals surface area contributed by atoms with Crippen LogP contribution in [0.2, 0.25) is 0 Å². The molecule has 0 bridgehead atoms. The van der Waals surface area contributed by atoms with Crippen molar-refractivity contribution in [2.24, 2.45) is 0 Å². The average Bonchev–Trinajstić information content (AvgIpc) is 3.11. The van der Waals surface area contributed by atoms with Crippen LogP contribution in [-0.4, -0.2) is 38.4 Å². The Morgan fingerprint density at radius 1 is 1.06 bits per heavy atom. The number of halogens is 4. The summed E-state index contributed by atoms with van der Waals surface area (Å²) in [4.78, 5) is 1.36. The van der Waals surface area contributed by atoms with Crippen LogP contribution in [0.3, 0.4) is 0 Å². The average molecular weight is 472 g/mol. The fraction of sp³-hybridized carbons (Fsp3) is 0.238. The molecule has 0 radical (unpaired) electrons. The van der Waals surface area contributed by atoms with E-state index in [9.17, 15) is 21.6 Å². The molecule has 166 valence electrons. The molecule has 0 aliphatic carbocycles. The van der Waals surface area contributed by atoms with Gasteiger partial charge in [-0.3, -0.25) is 0 Å². The summed E-state index contributed by atoms with van der Waals surface area (Å²) in [6, 6.07) is 13.4. The summed E-state index contributed by atoms with van der Waals surface area (Å²) >= 11 is 0. The Hall–Kier alpha value is -2.49. The second-order valence-corrected chi connectivity index (χ2v) is 9.07. The van der Waals surface area contributed by atoms with Crippen LogP contribution in [0.4, 0.5) is 18.9 Å². The van der Waals surface area contributed by atoms with Crippen LogP contribution in [0.5, 0.6) is 0 Å². The van der Waals surface area contributed by atoms with E-state index < -0.39 is 34.9 Å². The molecule has 0 atom stereocenters. The molecule has 0 spiro atoms. The summed E-state index contributed by atoms with van der Waals surface area (Å²) in [7, 11) is -2.37. The van der Waals surface area contributed by atoms with Gasteiger partial charge in [0.1, 0.15) is 5.82 Å². The predicted molar refractivity (Wildman–Crippen MR) is 116 cm³/mol. The first-order valence-corrected chi connectivity index (χ1v) is 10.7. The van der Waals surface area contributed by atoms with Gasteiger partial charge in [0.2, 0.25) is 0 Å². The third-order valence-corrected chi connectivity index (χ3v) is 6.63. The molecule has 1 fully saturated rings. The largest absolute Gasteiger partial charge is 0.359 e. The van der Waals surface area contributed by atoms with Crippen LogP contribution in [0, 0.1) is 5.82 Å². The molecule has 3 aromatic rings. The van der Waals surface area contributed by atoms with Crippen LogP contribution in [-0.2, 0) is 16.6 Å².